The fraction of sp³-hybridized carbons (Fsp3) is 0.843. The Morgan fingerprint density at radius 2 is 0.982 bits per heavy atom. The van der Waals surface area contributed by atoms with E-state index in [4.69, 9.17) is 4.52 Å². The maximum Gasteiger partial charge on any atom is 0.471 e. The lowest BCUT2D eigenvalue weighted by Crippen LogP contribution is -2.45. The summed E-state index contributed by atoms with van der Waals surface area (Å²) in [6.45, 7) is 4.87. The van der Waals surface area contributed by atoms with E-state index < -0.39 is 7.82 Å². The van der Waals surface area contributed by atoms with Gasteiger partial charge in [-0.15, -0.1) is 0 Å². The van der Waals surface area contributed by atoms with Gasteiger partial charge in [0.05, 0.1) is 6.61 Å². The molecule has 0 aromatic carbocycles. The summed E-state index contributed by atoms with van der Waals surface area (Å²) >= 11 is 0. The molecular weight excluding hydrogens is 708 g/mol. The first-order valence-corrected chi connectivity index (χ1v) is 26.0. The number of hydrogen-bond donors (Lipinski definition) is 1. The summed E-state index contributed by atoms with van der Waals surface area (Å²) in [5.74, 6) is 2.61. The molecule has 1 spiro atoms. The molecule has 0 radical (unpaired) electrons. The number of allylic oxidation sites excluding steroid dienone is 8. The molecular formula is C51H91O4P. The number of rotatable bonds is 36. The van der Waals surface area contributed by atoms with Gasteiger partial charge in [-0.1, -0.05) is 152 Å². The van der Waals surface area contributed by atoms with Gasteiger partial charge in [0.1, 0.15) is 0 Å². The molecule has 5 heteroatoms. The minimum Gasteiger partial charge on any atom is -0.303 e. The molecule has 0 aliphatic heterocycles. The van der Waals surface area contributed by atoms with Gasteiger partial charge in [0, 0.05) is 7.11 Å². The SMILES string of the molecule is CCCCC/C=C\C/C=C\CCCCCCCCC1(CCCCCCCC/C=C\C/C=C\CCCCC)CC2(C[C@H]3CC(CCCOP(=O)(O)OC)C[C@H]3C2)C1. The molecule has 0 aromatic heterocycles. The lowest BCUT2D eigenvalue weighted by atomic mass is 9.48. The zero-order valence-electron chi connectivity index (χ0n) is 37.2. The minimum atomic E-state index is -3.84. The summed E-state index contributed by atoms with van der Waals surface area (Å²) < 4.78 is 21.3. The van der Waals surface area contributed by atoms with E-state index in [0.717, 1.165) is 43.4 Å². The van der Waals surface area contributed by atoms with Crippen molar-refractivity contribution in [3.8, 4) is 0 Å². The molecule has 3 aliphatic carbocycles. The van der Waals surface area contributed by atoms with E-state index in [-0.39, 0.29) is 0 Å². The van der Waals surface area contributed by atoms with E-state index in [1.54, 1.807) is 0 Å². The molecule has 3 aliphatic rings. The van der Waals surface area contributed by atoms with Crippen LogP contribution in [0.5, 0.6) is 0 Å². The fourth-order valence-corrected chi connectivity index (χ4v) is 11.6. The first-order valence-electron chi connectivity index (χ1n) is 24.5. The van der Waals surface area contributed by atoms with Crippen molar-refractivity contribution < 1.29 is 18.5 Å². The Labute approximate surface area is 348 Å². The smallest absolute Gasteiger partial charge is 0.303 e. The van der Waals surface area contributed by atoms with Crippen LogP contribution in [-0.2, 0) is 13.6 Å². The predicted octanol–water partition coefficient (Wildman–Crippen LogP) is 17.1. The standard InChI is InChI=1S/C51H91O4P/c1-4-6-8-10-12-14-16-18-20-22-24-26-28-30-32-34-38-50(39-35-33-31-29-27-25-23-21-19-17-15-13-11-9-7-5-2)45-51(46-50)43-48-41-47(42-49(48)44-51)37-36-40-55-56(52,53)54-3/h12-15,18-21,47-49H,4-11,16-17,22-46H2,1-3H3,(H,52,53)/b14-12-,15-13-,20-18-,21-19-/t47?,48-,49+. The van der Waals surface area contributed by atoms with E-state index in [2.05, 4.69) is 67.0 Å². The van der Waals surface area contributed by atoms with Gasteiger partial charge >= 0.3 is 7.82 Å². The van der Waals surface area contributed by atoms with E-state index in [1.807, 2.05) is 0 Å². The minimum absolute atomic E-state index is 0.323. The molecule has 56 heavy (non-hydrogen) atoms. The second kappa shape index (κ2) is 30.1. The van der Waals surface area contributed by atoms with Crippen LogP contribution in [0.2, 0.25) is 0 Å². The van der Waals surface area contributed by atoms with Gasteiger partial charge in [0.2, 0.25) is 0 Å². The van der Waals surface area contributed by atoms with Crippen molar-refractivity contribution in [3.05, 3.63) is 48.6 Å². The molecule has 3 saturated carbocycles. The summed E-state index contributed by atoms with van der Waals surface area (Å²) in [5.41, 5.74) is 1.29. The van der Waals surface area contributed by atoms with E-state index in [0.29, 0.717) is 17.4 Å². The molecule has 1 N–H and O–H groups in total. The van der Waals surface area contributed by atoms with Gasteiger partial charge in [-0.25, -0.2) is 4.57 Å². The van der Waals surface area contributed by atoms with Gasteiger partial charge in [0.25, 0.3) is 0 Å². The fourth-order valence-electron chi connectivity index (χ4n) is 11.2. The normalized spacial score (nSPS) is 22.7. The number of fused-ring (bicyclic) bond motifs is 1. The van der Waals surface area contributed by atoms with Crippen LogP contribution in [0.3, 0.4) is 0 Å². The highest BCUT2D eigenvalue weighted by Crippen LogP contribution is 2.70. The molecule has 0 heterocycles. The molecule has 0 saturated heterocycles. The highest BCUT2D eigenvalue weighted by molar-refractivity contribution is 7.47. The molecule has 4 nitrogen and oxygen atoms in total. The molecule has 3 rings (SSSR count). The van der Waals surface area contributed by atoms with Gasteiger partial charge in [-0.3, -0.25) is 9.05 Å². The van der Waals surface area contributed by atoms with Crippen molar-refractivity contribution >= 4 is 7.82 Å². The zero-order valence-corrected chi connectivity index (χ0v) is 38.1. The van der Waals surface area contributed by atoms with Crippen molar-refractivity contribution in [2.24, 2.45) is 28.6 Å². The second-order valence-corrected chi connectivity index (χ2v) is 20.5. The Morgan fingerprint density at radius 3 is 1.41 bits per heavy atom. The molecule has 0 aromatic rings. The Balaban J connectivity index is 1.30. The van der Waals surface area contributed by atoms with Crippen molar-refractivity contribution in [3.63, 3.8) is 0 Å². The third-order valence-corrected chi connectivity index (χ3v) is 14.9. The van der Waals surface area contributed by atoms with Gasteiger partial charge in [-0.2, -0.15) is 0 Å². The Kier molecular flexibility index (Phi) is 26.6. The Bertz CT molecular complexity index is 1070. The van der Waals surface area contributed by atoms with Crippen LogP contribution in [0, 0.1) is 28.6 Å². The van der Waals surface area contributed by atoms with Gasteiger partial charge in [-0.05, 0) is 157 Å². The molecule has 324 valence electrons. The van der Waals surface area contributed by atoms with Crippen LogP contribution in [0.1, 0.15) is 232 Å². The van der Waals surface area contributed by atoms with E-state index in [1.165, 1.54) is 200 Å². The Morgan fingerprint density at radius 1 is 0.571 bits per heavy atom. The lowest BCUT2D eigenvalue weighted by molar-refractivity contribution is -0.0584. The average Bonchev–Trinajstić information content (AvgIpc) is 3.72. The topological polar surface area (TPSA) is 55.8 Å². The van der Waals surface area contributed by atoms with Crippen molar-refractivity contribution in [1.82, 2.24) is 0 Å². The largest absolute Gasteiger partial charge is 0.471 e. The first kappa shape index (κ1) is 49.4. The summed E-state index contributed by atoms with van der Waals surface area (Å²) in [7, 11) is -2.60. The van der Waals surface area contributed by atoms with Crippen LogP contribution in [0.25, 0.3) is 0 Å². The Hall–Kier alpha value is -0.930. The number of unbranched alkanes of at least 4 members (excludes halogenated alkanes) is 18. The highest BCUT2D eigenvalue weighted by atomic mass is 31.2. The highest BCUT2D eigenvalue weighted by Gasteiger charge is 2.59. The number of phosphoric ester groups is 1. The van der Waals surface area contributed by atoms with Crippen molar-refractivity contribution in [1.29, 1.82) is 0 Å². The third kappa shape index (κ3) is 21.4. The van der Waals surface area contributed by atoms with Crippen molar-refractivity contribution in [2.45, 2.75) is 232 Å². The number of hydrogen-bond acceptors (Lipinski definition) is 3. The van der Waals surface area contributed by atoms with Crippen LogP contribution in [0.15, 0.2) is 48.6 Å². The van der Waals surface area contributed by atoms with E-state index in [9.17, 15) is 9.46 Å². The quantitative estimate of drug-likeness (QED) is 0.0390. The zero-order chi connectivity index (χ0) is 40.1. The van der Waals surface area contributed by atoms with Crippen LogP contribution in [-0.4, -0.2) is 18.6 Å². The summed E-state index contributed by atoms with van der Waals surface area (Å²) in [6, 6.07) is 0. The third-order valence-electron chi connectivity index (χ3n) is 13.9. The molecule has 4 atom stereocenters. The molecule has 0 bridgehead atoms. The monoisotopic (exact) mass is 799 g/mol. The van der Waals surface area contributed by atoms with Crippen LogP contribution >= 0.6 is 7.82 Å². The first-order chi connectivity index (χ1) is 27.3. The van der Waals surface area contributed by atoms with Crippen molar-refractivity contribution in [2.75, 3.05) is 13.7 Å². The second-order valence-electron chi connectivity index (χ2n) is 18.9. The van der Waals surface area contributed by atoms with Gasteiger partial charge < -0.3 is 4.89 Å². The maximum absolute atomic E-state index is 11.6. The summed E-state index contributed by atoms with van der Waals surface area (Å²) in [6.07, 6.45) is 64.8. The van der Waals surface area contributed by atoms with Crippen LogP contribution in [0.4, 0.5) is 0 Å². The number of phosphoric acid groups is 1. The summed E-state index contributed by atoms with van der Waals surface area (Å²) in [4.78, 5) is 9.52. The van der Waals surface area contributed by atoms with Crippen LogP contribution < -0.4 is 0 Å². The molecule has 0 amide bonds. The lowest BCUT2D eigenvalue weighted by Gasteiger charge is -2.57. The summed E-state index contributed by atoms with van der Waals surface area (Å²) in [5, 5.41) is 0. The average molecular weight is 799 g/mol. The predicted molar refractivity (Wildman–Crippen MR) is 243 cm³/mol. The molecule has 3 fully saturated rings. The molecule has 2 unspecified atom stereocenters. The maximum atomic E-state index is 11.6. The van der Waals surface area contributed by atoms with E-state index >= 15 is 0 Å². The van der Waals surface area contributed by atoms with Gasteiger partial charge in [0.15, 0.2) is 0 Å².